The predicted octanol–water partition coefficient (Wildman–Crippen LogP) is 1.28. The average Bonchev–Trinajstić information content (AvgIpc) is 2.75. The molecule has 10 heteroatoms. The second kappa shape index (κ2) is 8.64. The van der Waals surface area contributed by atoms with E-state index in [1.165, 1.54) is 23.8 Å². The Morgan fingerprint density at radius 3 is 2.62 bits per heavy atom. The molecule has 0 bridgehead atoms. The number of esters is 1. The molecule has 29 heavy (non-hydrogen) atoms. The van der Waals surface area contributed by atoms with Gasteiger partial charge in [-0.2, -0.15) is 0 Å². The summed E-state index contributed by atoms with van der Waals surface area (Å²) in [4.78, 5) is 38.7. The Kier molecular flexibility index (Phi) is 6.40. The monoisotopic (exact) mass is 440 g/mol. The topological polar surface area (TPSA) is 94.2 Å². The molecule has 1 aromatic carbocycles. The van der Waals surface area contributed by atoms with E-state index in [-0.39, 0.29) is 12.5 Å². The second-order valence-electron chi connectivity index (χ2n) is 6.51. The van der Waals surface area contributed by atoms with E-state index in [0.717, 1.165) is 5.56 Å². The number of carbonyl (C=O) groups is 3. The van der Waals surface area contributed by atoms with Crippen molar-refractivity contribution in [2.24, 2.45) is 0 Å². The van der Waals surface area contributed by atoms with E-state index in [0.29, 0.717) is 17.1 Å². The predicted molar refractivity (Wildman–Crippen MR) is 107 cm³/mol. The summed E-state index contributed by atoms with van der Waals surface area (Å²) in [5, 5.41) is 1.94. The molecule has 0 radical (unpaired) electrons. The van der Waals surface area contributed by atoms with Gasteiger partial charge >= 0.3 is 5.97 Å². The fourth-order valence-electron chi connectivity index (χ4n) is 3.28. The van der Waals surface area contributed by atoms with Crippen molar-refractivity contribution in [3.8, 4) is 5.75 Å². The SMILES string of the molecule is C=C1CS[C@@H]2N(C(=O)C2(NC(=O)CCl)OC)C1C(=O)OCc1ccc(OC)cc1. The second-order valence-corrected chi connectivity index (χ2v) is 7.85. The van der Waals surface area contributed by atoms with Crippen LogP contribution in [0.2, 0.25) is 0 Å². The number of nitrogens with zero attached hydrogens (tertiary/aromatic N) is 1. The summed E-state index contributed by atoms with van der Waals surface area (Å²) >= 11 is 6.89. The van der Waals surface area contributed by atoms with Crippen LogP contribution in [0, 0.1) is 0 Å². The minimum atomic E-state index is -1.55. The Hall–Kier alpha value is -2.23. The first-order valence-corrected chi connectivity index (χ1v) is 10.3. The molecule has 0 aromatic heterocycles. The molecule has 2 saturated heterocycles. The summed E-state index contributed by atoms with van der Waals surface area (Å²) in [5.41, 5.74) is -0.221. The van der Waals surface area contributed by atoms with E-state index >= 15 is 0 Å². The van der Waals surface area contributed by atoms with Gasteiger partial charge in [-0.3, -0.25) is 9.59 Å². The van der Waals surface area contributed by atoms with Gasteiger partial charge in [-0.25, -0.2) is 4.79 Å². The van der Waals surface area contributed by atoms with E-state index in [1.54, 1.807) is 31.4 Å². The lowest BCUT2D eigenvalue weighted by atomic mass is 9.95. The largest absolute Gasteiger partial charge is 0.497 e. The van der Waals surface area contributed by atoms with Gasteiger partial charge in [0.15, 0.2) is 6.04 Å². The molecule has 8 nitrogen and oxygen atoms in total. The van der Waals surface area contributed by atoms with Gasteiger partial charge < -0.3 is 24.4 Å². The Bertz CT molecular complexity index is 832. The van der Waals surface area contributed by atoms with Gasteiger partial charge in [0.2, 0.25) is 5.91 Å². The van der Waals surface area contributed by atoms with Crippen molar-refractivity contribution in [1.29, 1.82) is 0 Å². The zero-order valence-corrected chi connectivity index (χ0v) is 17.5. The molecular formula is C19H21ClN2O6S. The van der Waals surface area contributed by atoms with Crippen LogP contribution >= 0.6 is 23.4 Å². The molecule has 2 aliphatic rings. The van der Waals surface area contributed by atoms with E-state index in [2.05, 4.69) is 11.9 Å². The zero-order valence-electron chi connectivity index (χ0n) is 16.0. The standard InChI is InChI=1S/C19H21ClN2O6S/c1-11-10-29-18-19(27-3,21-14(23)8-20)17(25)22(18)15(11)16(24)28-9-12-4-6-13(26-2)7-5-12/h4-7,15,18H,1,8-10H2,2-3H3,(H,21,23)/t15?,18-,19?/m0/s1. The molecule has 1 N–H and O–H groups in total. The van der Waals surface area contributed by atoms with Gasteiger partial charge in [0.25, 0.3) is 11.6 Å². The maximum Gasteiger partial charge on any atom is 0.333 e. The number of rotatable bonds is 7. The van der Waals surface area contributed by atoms with Crippen LogP contribution in [0.1, 0.15) is 5.56 Å². The van der Waals surface area contributed by atoms with Crippen LogP contribution in [0.25, 0.3) is 0 Å². The summed E-state index contributed by atoms with van der Waals surface area (Å²) in [7, 11) is 2.89. The number of fused-ring (bicyclic) bond motifs is 1. The number of β-lactam (4-membered cyclic amide) rings is 1. The third-order valence-electron chi connectivity index (χ3n) is 4.78. The lowest BCUT2D eigenvalue weighted by molar-refractivity contribution is -0.202. The Labute approximate surface area is 177 Å². The third-order valence-corrected chi connectivity index (χ3v) is 6.43. The normalized spacial score (nSPS) is 25.7. The van der Waals surface area contributed by atoms with Crippen LogP contribution in [0.15, 0.2) is 36.4 Å². The summed E-state index contributed by atoms with van der Waals surface area (Å²) < 4.78 is 15.9. The fraction of sp³-hybridized carbons (Fsp3) is 0.421. The average molecular weight is 441 g/mol. The van der Waals surface area contributed by atoms with Crippen molar-refractivity contribution in [2.75, 3.05) is 25.9 Å². The molecule has 0 aliphatic carbocycles. The first-order valence-electron chi connectivity index (χ1n) is 8.71. The molecule has 2 heterocycles. The van der Waals surface area contributed by atoms with Crippen molar-refractivity contribution in [1.82, 2.24) is 10.2 Å². The maximum absolute atomic E-state index is 12.9. The summed E-state index contributed by atoms with van der Waals surface area (Å²) in [6.07, 6.45) is 0. The minimum absolute atomic E-state index is 0.0465. The number of nitrogens with one attached hydrogen (secondary N) is 1. The first kappa shape index (κ1) is 21.5. The zero-order chi connectivity index (χ0) is 21.2. The summed E-state index contributed by atoms with van der Waals surface area (Å²) in [6.45, 7) is 3.96. The number of halogens is 1. The summed E-state index contributed by atoms with van der Waals surface area (Å²) in [6, 6.07) is 6.16. The number of hydrogen-bond donors (Lipinski definition) is 1. The molecule has 0 spiro atoms. The number of benzene rings is 1. The van der Waals surface area contributed by atoms with Gasteiger partial charge in [-0.15, -0.1) is 23.4 Å². The summed E-state index contributed by atoms with van der Waals surface area (Å²) in [5.74, 6) is -0.859. The minimum Gasteiger partial charge on any atom is -0.497 e. The highest BCUT2D eigenvalue weighted by molar-refractivity contribution is 8.00. The molecule has 2 amide bonds. The van der Waals surface area contributed by atoms with Crippen LogP contribution < -0.4 is 10.1 Å². The van der Waals surface area contributed by atoms with Crippen LogP contribution in [0.4, 0.5) is 0 Å². The van der Waals surface area contributed by atoms with E-state index in [1.807, 2.05) is 0 Å². The van der Waals surface area contributed by atoms with Gasteiger partial charge in [0, 0.05) is 12.9 Å². The number of methoxy groups -OCH3 is 2. The molecule has 1 aromatic rings. The third kappa shape index (κ3) is 3.82. The van der Waals surface area contributed by atoms with Crippen LogP contribution in [0.3, 0.4) is 0 Å². The van der Waals surface area contributed by atoms with E-state index in [9.17, 15) is 14.4 Å². The molecule has 3 atom stereocenters. The Morgan fingerprint density at radius 1 is 1.34 bits per heavy atom. The lowest BCUT2D eigenvalue weighted by Crippen LogP contribution is -2.83. The number of alkyl halides is 1. The number of hydrogen-bond acceptors (Lipinski definition) is 7. The van der Waals surface area contributed by atoms with Crippen molar-refractivity contribution in [3.05, 3.63) is 42.0 Å². The van der Waals surface area contributed by atoms with E-state index in [4.69, 9.17) is 25.8 Å². The van der Waals surface area contributed by atoms with Crippen LogP contribution in [-0.4, -0.2) is 65.7 Å². The molecular weight excluding hydrogens is 420 g/mol. The molecule has 2 aliphatic heterocycles. The van der Waals surface area contributed by atoms with Crippen LogP contribution in [0.5, 0.6) is 5.75 Å². The molecule has 2 fully saturated rings. The molecule has 2 unspecified atom stereocenters. The van der Waals surface area contributed by atoms with Crippen molar-refractivity contribution in [3.63, 3.8) is 0 Å². The number of thioether (sulfide) groups is 1. The highest BCUT2D eigenvalue weighted by Crippen LogP contribution is 2.46. The fourth-order valence-corrected chi connectivity index (χ4v) is 4.74. The number of amides is 2. The van der Waals surface area contributed by atoms with Gasteiger partial charge in [0.05, 0.1) is 7.11 Å². The smallest absolute Gasteiger partial charge is 0.333 e. The van der Waals surface area contributed by atoms with E-state index < -0.39 is 34.9 Å². The quantitative estimate of drug-likeness (QED) is 0.224. The van der Waals surface area contributed by atoms with Crippen molar-refractivity contribution in [2.45, 2.75) is 23.7 Å². The molecule has 3 rings (SSSR count). The Morgan fingerprint density at radius 2 is 2.03 bits per heavy atom. The molecule has 0 saturated carbocycles. The lowest BCUT2D eigenvalue weighted by Gasteiger charge is -2.58. The van der Waals surface area contributed by atoms with Crippen LogP contribution in [-0.2, 0) is 30.5 Å². The van der Waals surface area contributed by atoms with Crippen molar-refractivity contribution < 1.29 is 28.6 Å². The van der Waals surface area contributed by atoms with Gasteiger partial charge in [-0.1, -0.05) is 18.7 Å². The van der Waals surface area contributed by atoms with Crippen molar-refractivity contribution >= 4 is 41.1 Å². The highest BCUT2D eigenvalue weighted by atomic mass is 35.5. The number of carbonyl (C=O) groups excluding carboxylic acids is 3. The number of ether oxygens (including phenoxy) is 3. The highest BCUT2D eigenvalue weighted by Gasteiger charge is 2.67. The van der Waals surface area contributed by atoms with Gasteiger partial charge in [-0.05, 0) is 23.3 Å². The van der Waals surface area contributed by atoms with Gasteiger partial charge in [0.1, 0.15) is 23.6 Å². The first-order chi connectivity index (χ1) is 13.9. The Balaban J connectivity index is 1.71. The maximum atomic E-state index is 12.9. The molecule has 156 valence electrons.